The van der Waals surface area contributed by atoms with E-state index >= 15 is 0 Å². The van der Waals surface area contributed by atoms with Gasteiger partial charge >= 0.3 is 12.2 Å². The first-order valence-electron chi connectivity index (χ1n) is 8.18. The third kappa shape index (κ3) is 3.88. The van der Waals surface area contributed by atoms with Gasteiger partial charge in [0.15, 0.2) is 0 Å². The molecule has 1 aromatic carbocycles. The average Bonchev–Trinajstić information content (AvgIpc) is 3.22. The SMILES string of the molecule is CCOC(=O)/N=N/C(=O)OCc1ccc(C2CC3C=CC2C3)cc1. The van der Waals surface area contributed by atoms with Crippen LogP contribution < -0.4 is 0 Å². The van der Waals surface area contributed by atoms with E-state index in [0.717, 1.165) is 11.5 Å². The monoisotopic (exact) mass is 328 g/mol. The second kappa shape index (κ2) is 7.38. The van der Waals surface area contributed by atoms with Gasteiger partial charge in [-0.2, -0.15) is 0 Å². The maximum absolute atomic E-state index is 11.4. The second-order valence-electron chi connectivity index (χ2n) is 6.08. The van der Waals surface area contributed by atoms with Crippen molar-refractivity contribution in [1.29, 1.82) is 0 Å². The number of azo groups is 1. The van der Waals surface area contributed by atoms with Gasteiger partial charge in [-0.15, -0.1) is 0 Å². The van der Waals surface area contributed by atoms with Crippen molar-refractivity contribution in [2.45, 2.75) is 32.3 Å². The fourth-order valence-corrected chi connectivity index (χ4v) is 3.43. The lowest BCUT2D eigenvalue weighted by Gasteiger charge is -2.18. The van der Waals surface area contributed by atoms with Crippen LogP contribution in [-0.4, -0.2) is 18.8 Å². The average molecular weight is 328 g/mol. The first-order valence-corrected chi connectivity index (χ1v) is 8.18. The summed E-state index contributed by atoms with van der Waals surface area (Å²) in [5.41, 5.74) is 2.21. The van der Waals surface area contributed by atoms with Crippen molar-refractivity contribution in [3.05, 3.63) is 47.5 Å². The molecule has 0 aromatic heterocycles. The number of allylic oxidation sites excluding steroid dienone is 2. The Bertz CT molecular complexity index is 666. The molecule has 2 aliphatic carbocycles. The summed E-state index contributed by atoms with van der Waals surface area (Å²) >= 11 is 0. The maximum Gasteiger partial charge on any atom is 0.452 e. The lowest BCUT2D eigenvalue weighted by atomic mass is 9.86. The van der Waals surface area contributed by atoms with Gasteiger partial charge in [0.25, 0.3) is 0 Å². The summed E-state index contributed by atoms with van der Waals surface area (Å²) in [6.07, 6.45) is 5.35. The summed E-state index contributed by atoms with van der Waals surface area (Å²) in [6.45, 7) is 1.91. The van der Waals surface area contributed by atoms with E-state index in [9.17, 15) is 9.59 Å². The summed E-state index contributed by atoms with van der Waals surface area (Å²) in [5, 5.41) is 6.24. The lowest BCUT2D eigenvalue weighted by molar-refractivity contribution is 0.144. The molecular weight excluding hydrogens is 308 g/mol. The van der Waals surface area contributed by atoms with Gasteiger partial charge in [-0.3, -0.25) is 0 Å². The Kier molecular flexibility index (Phi) is 5.03. The van der Waals surface area contributed by atoms with E-state index in [1.54, 1.807) is 6.92 Å². The molecule has 0 N–H and O–H groups in total. The van der Waals surface area contributed by atoms with Crippen LogP contribution in [0.5, 0.6) is 0 Å². The standard InChI is InChI=1S/C18H20N2O4/c1-2-23-17(21)19-20-18(22)24-11-12-3-6-14(7-4-12)16-10-13-5-8-15(16)9-13/h3-8,13,15-16H,2,9-11H2,1H3/b20-19+. The molecule has 2 aliphatic rings. The Hall–Kier alpha value is -2.50. The number of amides is 2. The fraction of sp³-hybridized carbons (Fsp3) is 0.444. The Morgan fingerprint density at radius 2 is 1.75 bits per heavy atom. The molecule has 0 saturated heterocycles. The zero-order chi connectivity index (χ0) is 16.9. The molecule has 6 nitrogen and oxygen atoms in total. The minimum absolute atomic E-state index is 0.0948. The molecular formula is C18H20N2O4. The second-order valence-corrected chi connectivity index (χ2v) is 6.08. The van der Waals surface area contributed by atoms with E-state index in [-0.39, 0.29) is 13.2 Å². The van der Waals surface area contributed by atoms with Gasteiger partial charge in [0.05, 0.1) is 6.61 Å². The predicted molar refractivity (Wildman–Crippen MR) is 86.6 cm³/mol. The van der Waals surface area contributed by atoms with Crippen molar-refractivity contribution in [2.24, 2.45) is 22.1 Å². The van der Waals surface area contributed by atoms with E-state index in [0.29, 0.717) is 11.8 Å². The van der Waals surface area contributed by atoms with Crippen LogP contribution in [0, 0.1) is 11.8 Å². The zero-order valence-electron chi connectivity index (χ0n) is 13.6. The molecule has 24 heavy (non-hydrogen) atoms. The summed E-state index contributed by atoms with van der Waals surface area (Å²) in [5.74, 6) is 2.02. The van der Waals surface area contributed by atoms with E-state index < -0.39 is 12.2 Å². The highest BCUT2D eigenvalue weighted by atomic mass is 16.6. The number of carbonyl (C=O) groups excluding carboxylic acids is 2. The number of hydrogen-bond donors (Lipinski definition) is 0. The number of ether oxygens (including phenoxy) is 2. The van der Waals surface area contributed by atoms with Crippen LogP contribution in [0.15, 0.2) is 46.6 Å². The topological polar surface area (TPSA) is 77.3 Å². The molecule has 3 unspecified atom stereocenters. The molecule has 2 amide bonds. The Balaban J connectivity index is 1.49. The largest absolute Gasteiger partial charge is 0.452 e. The fourth-order valence-electron chi connectivity index (χ4n) is 3.43. The van der Waals surface area contributed by atoms with Crippen LogP contribution in [-0.2, 0) is 16.1 Å². The van der Waals surface area contributed by atoms with Crippen molar-refractivity contribution >= 4 is 12.2 Å². The van der Waals surface area contributed by atoms with Gasteiger partial charge in [0, 0.05) is 0 Å². The quantitative estimate of drug-likeness (QED) is 0.597. The number of rotatable bonds is 4. The Labute approximate surface area is 140 Å². The summed E-state index contributed by atoms with van der Waals surface area (Å²) < 4.78 is 9.48. The molecule has 6 heteroatoms. The van der Waals surface area contributed by atoms with Crippen LogP contribution in [0.3, 0.4) is 0 Å². The molecule has 0 radical (unpaired) electrons. The Morgan fingerprint density at radius 1 is 1.04 bits per heavy atom. The lowest BCUT2D eigenvalue weighted by Crippen LogP contribution is -2.05. The molecule has 1 fully saturated rings. The van der Waals surface area contributed by atoms with Crippen molar-refractivity contribution in [3.8, 4) is 0 Å². The number of carbonyl (C=O) groups is 2. The first kappa shape index (κ1) is 16.4. The third-order valence-electron chi connectivity index (χ3n) is 4.53. The zero-order valence-corrected chi connectivity index (χ0v) is 13.6. The molecule has 0 spiro atoms. The minimum atomic E-state index is -0.912. The van der Waals surface area contributed by atoms with Gasteiger partial charge in [-0.1, -0.05) is 46.6 Å². The normalized spacial score (nSPS) is 24.5. The molecule has 2 bridgehead atoms. The molecule has 3 atom stereocenters. The summed E-state index contributed by atoms with van der Waals surface area (Å²) in [6, 6.07) is 8.12. The highest BCUT2D eigenvalue weighted by molar-refractivity contribution is 5.73. The molecule has 0 aliphatic heterocycles. The third-order valence-corrected chi connectivity index (χ3v) is 4.53. The summed E-state index contributed by atoms with van der Waals surface area (Å²) in [4.78, 5) is 22.3. The van der Waals surface area contributed by atoms with Crippen molar-refractivity contribution in [3.63, 3.8) is 0 Å². The summed E-state index contributed by atoms with van der Waals surface area (Å²) in [7, 11) is 0. The van der Waals surface area contributed by atoms with Gasteiger partial charge in [0.1, 0.15) is 6.61 Å². The molecule has 1 saturated carbocycles. The Morgan fingerprint density at radius 3 is 2.33 bits per heavy atom. The van der Waals surface area contributed by atoms with Gasteiger partial charge in [-0.05, 0) is 48.6 Å². The van der Waals surface area contributed by atoms with Crippen molar-refractivity contribution < 1.29 is 19.1 Å². The van der Waals surface area contributed by atoms with Crippen LogP contribution in [0.2, 0.25) is 0 Å². The van der Waals surface area contributed by atoms with Crippen LogP contribution in [0.4, 0.5) is 9.59 Å². The number of hydrogen-bond acceptors (Lipinski definition) is 4. The van der Waals surface area contributed by atoms with Crippen LogP contribution >= 0.6 is 0 Å². The van der Waals surface area contributed by atoms with Crippen molar-refractivity contribution in [1.82, 2.24) is 0 Å². The molecule has 1 aromatic rings. The van der Waals surface area contributed by atoms with Gasteiger partial charge < -0.3 is 9.47 Å². The smallest absolute Gasteiger partial charge is 0.447 e. The van der Waals surface area contributed by atoms with E-state index in [2.05, 4.69) is 39.3 Å². The van der Waals surface area contributed by atoms with Crippen LogP contribution in [0.1, 0.15) is 36.8 Å². The number of benzene rings is 1. The van der Waals surface area contributed by atoms with Gasteiger partial charge in [-0.25, -0.2) is 9.59 Å². The predicted octanol–water partition coefficient (Wildman–Crippen LogP) is 4.61. The van der Waals surface area contributed by atoms with E-state index in [1.807, 2.05) is 12.1 Å². The van der Waals surface area contributed by atoms with Gasteiger partial charge in [0.2, 0.25) is 0 Å². The molecule has 0 heterocycles. The molecule has 126 valence electrons. The maximum atomic E-state index is 11.4. The first-order chi connectivity index (χ1) is 11.7. The van der Waals surface area contributed by atoms with E-state index in [1.165, 1.54) is 18.4 Å². The number of nitrogens with zero attached hydrogens (tertiary/aromatic N) is 2. The highest BCUT2D eigenvalue weighted by Gasteiger charge is 2.36. The van der Waals surface area contributed by atoms with E-state index in [4.69, 9.17) is 4.74 Å². The minimum Gasteiger partial charge on any atom is -0.447 e. The van der Waals surface area contributed by atoms with Crippen molar-refractivity contribution in [2.75, 3.05) is 6.61 Å². The number of fused-ring (bicyclic) bond motifs is 2. The highest BCUT2D eigenvalue weighted by Crippen LogP contribution is 2.48. The van der Waals surface area contributed by atoms with Crippen LogP contribution in [0.25, 0.3) is 0 Å². The molecule has 3 rings (SSSR count).